The van der Waals surface area contributed by atoms with Crippen LogP contribution in [-0.2, 0) is 0 Å². The van der Waals surface area contributed by atoms with Crippen molar-refractivity contribution in [2.45, 2.75) is 6.10 Å². The maximum absolute atomic E-state index is 6.12. The average molecular weight is 283 g/mol. The van der Waals surface area contributed by atoms with Crippen LogP contribution in [0.4, 0.5) is 0 Å². The number of rotatable bonds is 2. The van der Waals surface area contributed by atoms with Gasteiger partial charge in [0.25, 0.3) is 0 Å². The Balaban J connectivity index is 1.77. The highest BCUT2D eigenvalue weighted by Crippen LogP contribution is 2.38. The number of benzene rings is 2. The van der Waals surface area contributed by atoms with Gasteiger partial charge < -0.3 is 4.74 Å². The summed E-state index contributed by atoms with van der Waals surface area (Å²) in [5.74, 6) is 0.795. The van der Waals surface area contributed by atoms with Gasteiger partial charge in [-0.15, -0.1) is 0 Å². The van der Waals surface area contributed by atoms with Crippen LogP contribution in [0.25, 0.3) is 5.69 Å². The molecule has 98 valence electrons. The summed E-state index contributed by atoms with van der Waals surface area (Å²) in [5.41, 5.74) is 3.32. The molecule has 0 N–H and O–H groups in total. The van der Waals surface area contributed by atoms with Crippen molar-refractivity contribution in [2.75, 3.05) is 0 Å². The van der Waals surface area contributed by atoms with E-state index in [2.05, 4.69) is 21.7 Å². The lowest BCUT2D eigenvalue weighted by molar-refractivity contribution is 0.248. The molecule has 0 bridgehead atoms. The Morgan fingerprint density at radius 2 is 1.85 bits per heavy atom. The van der Waals surface area contributed by atoms with Gasteiger partial charge in [0, 0.05) is 10.6 Å². The molecular weight excluding hydrogens is 272 g/mol. The van der Waals surface area contributed by atoms with E-state index in [0.717, 1.165) is 22.7 Å². The Morgan fingerprint density at radius 1 is 1.05 bits per heavy atom. The van der Waals surface area contributed by atoms with Crippen molar-refractivity contribution >= 4 is 11.6 Å². The number of aromatic nitrogens is 2. The molecule has 0 saturated carbocycles. The van der Waals surface area contributed by atoms with Gasteiger partial charge in [-0.3, -0.25) is 4.57 Å². The Kier molecular flexibility index (Phi) is 2.54. The van der Waals surface area contributed by atoms with Crippen LogP contribution in [0.3, 0.4) is 0 Å². The molecule has 0 fully saturated rings. The predicted molar refractivity (Wildman–Crippen MR) is 77.5 cm³/mol. The largest absolute Gasteiger partial charge is 0.479 e. The molecule has 2 aromatic carbocycles. The predicted octanol–water partition coefficient (Wildman–Crippen LogP) is 4.01. The van der Waals surface area contributed by atoms with Crippen LogP contribution in [0.15, 0.2) is 61.1 Å². The number of fused-ring (bicyclic) bond motifs is 3. The summed E-state index contributed by atoms with van der Waals surface area (Å²) in [7, 11) is 0. The quantitative estimate of drug-likeness (QED) is 0.710. The zero-order valence-corrected chi connectivity index (χ0v) is 11.3. The minimum Gasteiger partial charge on any atom is -0.479 e. The van der Waals surface area contributed by atoms with E-state index >= 15 is 0 Å². The van der Waals surface area contributed by atoms with E-state index in [0.29, 0.717) is 5.02 Å². The molecule has 4 rings (SSSR count). The minimum absolute atomic E-state index is 0.130. The standard InChI is InChI=1S/C16H11ClN2O/c17-11-5-7-12(8-6-11)20-16-13-3-1-2-4-14(13)19-10-18-9-15(16)19/h1-10,16H. The number of hydrogen-bond donors (Lipinski definition) is 0. The van der Waals surface area contributed by atoms with Gasteiger partial charge in [0.2, 0.25) is 0 Å². The van der Waals surface area contributed by atoms with Gasteiger partial charge in [0.15, 0.2) is 6.10 Å². The van der Waals surface area contributed by atoms with E-state index in [1.807, 2.05) is 48.9 Å². The SMILES string of the molecule is Clc1ccc(OC2c3ccccc3-n3cncc32)cc1. The summed E-state index contributed by atoms with van der Waals surface area (Å²) in [5, 5.41) is 0.703. The summed E-state index contributed by atoms with van der Waals surface area (Å²) >= 11 is 5.90. The highest BCUT2D eigenvalue weighted by atomic mass is 35.5. The van der Waals surface area contributed by atoms with Gasteiger partial charge in [0.1, 0.15) is 5.75 Å². The first-order valence-corrected chi connectivity index (χ1v) is 6.74. The van der Waals surface area contributed by atoms with E-state index in [1.165, 1.54) is 0 Å². The smallest absolute Gasteiger partial charge is 0.168 e. The van der Waals surface area contributed by atoms with E-state index < -0.39 is 0 Å². The van der Waals surface area contributed by atoms with Crippen molar-refractivity contribution in [2.24, 2.45) is 0 Å². The molecule has 20 heavy (non-hydrogen) atoms. The maximum atomic E-state index is 6.12. The Morgan fingerprint density at radius 3 is 2.70 bits per heavy atom. The van der Waals surface area contributed by atoms with Crippen molar-refractivity contribution in [1.29, 1.82) is 0 Å². The Hall–Kier alpha value is -2.26. The van der Waals surface area contributed by atoms with Crippen molar-refractivity contribution < 1.29 is 4.74 Å². The Bertz CT molecular complexity index is 764. The lowest BCUT2D eigenvalue weighted by atomic mass is 10.1. The van der Waals surface area contributed by atoms with Gasteiger partial charge in [-0.1, -0.05) is 29.8 Å². The lowest BCUT2D eigenvalue weighted by Gasteiger charge is -2.14. The number of ether oxygens (including phenoxy) is 1. The maximum Gasteiger partial charge on any atom is 0.168 e. The molecule has 0 radical (unpaired) electrons. The molecule has 1 unspecified atom stereocenters. The first-order chi connectivity index (χ1) is 9.83. The number of hydrogen-bond acceptors (Lipinski definition) is 2. The molecule has 1 aliphatic rings. The fourth-order valence-electron chi connectivity index (χ4n) is 2.56. The second-order valence-electron chi connectivity index (χ2n) is 4.70. The summed E-state index contributed by atoms with van der Waals surface area (Å²) < 4.78 is 8.19. The fraction of sp³-hybridized carbons (Fsp3) is 0.0625. The van der Waals surface area contributed by atoms with Gasteiger partial charge >= 0.3 is 0 Å². The molecule has 0 spiro atoms. The number of imidazole rings is 1. The Labute approximate surface area is 121 Å². The average Bonchev–Trinajstić information content (AvgIpc) is 3.05. The van der Waals surface area contributed by atoms with E-state index in [9.17, 15) is 0 Å². The van der Waals surface area contributed by atoms with Gasteiger partial charge in [0.05, 0.1) is 23.9 Å². The minimum atomic E-state index is -0.130. The third-order valence-electron chi connectivity index (χ3n) is 3.48. The fourth-order valence-corrected chi connectivity index (χ4v) is 2.69. The zero-order chi connectivity index (χ0) is 13.5. The first kappa shape index (κ1) is 11.6. The summed E-state index contributed by atoms with van der Waals surface area (Å²) in [4.78, 5) is 4.21. The number of nitrogens with zero attached hydrogens (tertiary/aromatic N) is 2. The van der Waals surface area contributed by atoms with Crippen LogP contribution in [0, 0.1) is 0 Å². The summed E-state index contributed by atoms with van der Waals surface area (Å²) in [6.45, 7) is 0. The molecule has 1 atom stereocenters. The van der Waals surface area contributed by atoms with Crippen LogP contribution < -0.4 is 4.74 Å². The second kappa shape index (κ2) is 4.39. The molecule has 2 heterocycles. The molecular formula is C16H11ClN2O. The summed E-state index contributed by atoms with van der Waals surface area (Å²) in [6, 6.07) is 15.6. The zero-order valence-electron chi connectivity index (χ0n) is 10.5. The third-order valence-corrected chi connectivity index (χ3v) is 3.73. The third kappa shape index (κ3) is 1.71. The van der Waals surface area contributed by atoms with Crippen molar-refractivity contribution in [1.82, 2.24) is 9.55 Å². The molecule has 3 aromatic rings. The number of para-hydroxylation sites is 1. The van der Waals surface area contributed by atoms with Crippen LogP contribution in [-0.4, -0.2) is 9.55 Å². The molecule has 0 saturated heterocycles. The van der Waals surface area contributed by atoms with Gasteiger partial charge in [-0.2, -0.15) is 0 Å². The van der Waals surface area contributed by atoms with Crippen molar-refractivity contribution in [3.05, 3.63) is 77.3 Å². The molecule has 4 heteroatoms. The van der Waals surface area contributed by atoms with Crippen LogP contribution in [0.1, 0.15) is 17.4 Å². The molecule has 0 aliphatic carbocycles. The highest BCUT2D eigenvalue weighted by Gasteiger charge is 2.30. The molecule has 1 aromatic heterocycles. The monoisotopic (exact) mass is 282 g/mol. The molecule has 3 nitrogen and oxygen atoms in total. The topological polar surface area (TPSA) is 27.1 Å². The lowest BCUT2D eigenvalue weighted by Crippen LogP contribution is -2.05. The normalized spacial score (nSPS) is 15.8. The van der Waals surface area contributed by atoms with E-state index in [-0.39, 0.29) is 6.10 Å². The van der Waals surface area contributed by atoms with Crippen LogP contribution >= 0.6 is 11.6 Å². The summed E-state index contributed by atoms with van der Waals surface area (Å²) in [6.07, 6.45) is 3.54. The molecule has 1 aliphatic heterocycles. The first-order valence-electron chi connectivity index (χ1n) is 6.37. The van der Waals surface area contributed by atoms with Crippen molar-refractivity contribution in [3.8, 4) is 11.4 Å². The highest BCUT2D eigenvalue weighted by molar-refractivity contribution is 6.30. The van der Waals surface area contributed by atoms with Gasteiger partial charge in [-0.25, -0.2) is 4.98 Å². The van der Waals surface area contributed by atoms with Crippen LogP contribution in [0.2, 0.25) is 5.02 Å². The molecule has 0 amide bonds. The van der Waals surface area contributed by atoms with Gasteiger partial charge in [-0.05, 0) is 30.3 Å². The van der Waals surface area contributed by atoms with E-state index in [1.54, 1.807) is 0 Å². The van der Waals surface area contributed by atoms with Crippen molar-refractivity contribution in [3.63, 3.8) is 0 Å². The van der Waals surface area contributed by atoms with Crippen LogP contribution in [0.5, 0.6) is 5.75 Å². The second-order valence-corrected chi connectivity index (χ2v) is 5.14. The number of halogens is 1. The van der Waals surface area contributed by atoms with E-state index in [4.69, 9.17) is 16.3 Å².